The Morgan fingerprint density at radius 3 is 2.80 bits per heavy atom. The number of amides is 1. The second-order valence-corrected chi connectivity index (χ2v) is 6.82. The highest BCUT2D eigenvalue weighted by atomic mass is 32.2. The number of carbonyl (C=O) groups is 1. The number of thiazole rings is 1. The first-order valence-corrected chi connectivity index (χ1v) is 9.20. The van der Waals surface area contributed by atoms with Gasteiger partial charge in [0.2, 0.25) is 5.91 Å². The Morgan fingerprint density at radius 1 is 1.32 bits per heavy atom. The molecule has 25 heavy (non-hydrogen) atoms. The number of aromatic nitrogens is 3. The van der Waals surface area contributed by atoms with E-state index in [0.717, 1.165) is 5.56 Å². The van der Waals surface area contributed by atoms with Gasteiger partial charge in [0.1, 0.15) is 16.7 Å². The smallest absolute Gasteiger partial charge is 0.236 e. The molecule has 3 rings (SSSR count). The first-order valence-electron chi connectivity index (χ1n) is 7.33. The van der Waals surface area contributed by atoms with Crippen molar-refractivity contribution in [1.29, 1.82) is 5.26 Å². The van der Waals surface area contributed by atoms with E-state index in [1.807, 2.05) is 30.3 Å². The molecule has 0 unspecified atom stereocenters. The van der Waals surface area contributed by atoms with Crippen molar-refractivity contribution in [3.63, 3.8) is 0 Å². The number of carbonyl (C=O) groups excluding carboxylic acids is 1. The molecule has 0 saturated carbocycles. The predicted octanol–water partition coefficient (Wildman–Crippen LogP) is 3.51. The van der Waals surface area contributed by atoms with Crippen LogP contribution in [-0.4, -0.2) is 26.6 Å². The summed E-state index contributed by atoms with van der Waals surface area (Å²) in [6.07, 6.45) is 1.63. The lowest BCUT2D eigenvalue weighted by molar-refractivity contribution is -0.113. The van der Waals surface area contributed by atoms with Crippen LogP contribution in [0, 0.1) is 18.3 Å². The van der Waals surface area contributed by atoms with Crippen molar-refractivity contribution >= 4 is 34.1 Å². The van der Waals surface area contributed by atoms with Gasteiger partial charge in [-0.15, -0.1) is 11.3 Å². The first kappa shape index (κ1) is 17.1. The lowest BCUT2D eigenvalue weighted by Crippen LogP contribution is -2.14. The maximum absolute atomic E-state index is 12.0. The van der Waals surface area contributed by atoms with Crippen molar-refractivity contribution in [2.24, 2.45) is 0 Å². The quantitative estimate of drug-likeness (QED) is 0.548. The van der Waals surface area contributed by atoms with Gasteiger partial charge >= 0.3 is 0 Å². The summed E-state index contributed by atoms with van der Waals surface area (Å²) in [5, 5.41) is 14.9. The molecule has 0 spiro atoms. The van der Waals surface area contributed by atoms with Gasteiger partial charge in [-0.1, -0.05) is 42.1 Å². The maximum Gasteiger partial charge on any atom is 0.236 e. The average Bonchev–Trinajstić information content (AvgIpc) is 3.13. The molecule has 0 atom stereocenters. The molecule has 0 fully saturated rings. The standard InChI is InChI=1S/C17H13N5OS2/c1-11-13(9-18)16(22-15(20-11)12-5-3-2-4-6-12)25-10-14(23)21-17-19-7-8-24-17/h2-8H,10H2,1H3,(H,19,21,23). The zero-order valence-electron chi connectivity index (χ0n) is 13.3. The molecule has 124 valence electrons. The number of hydrogen-bond donors (Lipinski definition) is 1. The van der Waals surface area contributed by atoms with E-state index >= 15 is 0 Å². The van der Waals surface area contributed by atoms with Crippen molar-refractivity contribution < 1.29 is 4.79 Å². The molecule has 0 aliphatic rings. The molecule has 0 aliphatic carbocycles. The number of anilines is 1. The van der Waals surface area contributed by atoms with Gasteiger partial charge in [0.25, 0.3) is 0 Å². The summed E-state index contributed by atoms with van der Waals surface area (Å²) >= 11 is 2.57. The van der Waals surface area contributed by atoms with Gasteiger partial charge in [-0.3, -0.25) is 4.79 Å². The van der Waals surface area contributed by atoms with Crippen LogP contribution in [0.1, 0.15) is 11.3 Å². The molecule has 6 nitrogen and oxygen atoms in total. The summed E-state index contributed by atoms with van der Waals surface area (Å²) in [6, 6.07) is 11.7. The topological polar surface area (TPSA) is 91.6 Å². The van der Waals surface area contributed by atoms with E-state index in [9.17, 15) is 10.1 Å². The summed E-state index contributed by atoms with van der Waals surface area (Å²) in [5.74, 6) is 0.486. The van der Waals surface area contributed by atoms with Gasteiger partial charge in [0, 0.05) is 17.1 Å². The fraction of sp³-hybridized carbons (Fsp3) is 0.118. The normalized spacial score (nSPS) is 10.2. The largest absolute Gasteiger partial charge is 0.301 e. The van der Waals surface area contributed by atoms with Gasteiger partial charge in [0.05, 0.1) is 11.4 Å². The van der Waals surface area contributed by atoms with E-state index in [4.69, 9.17) is 0 Å². The van der Waals surface area contributed by atoms with Gasteiger partial charge in [-0.2, -0.15) is 5.26 Å². The van der Waals surface area contributed by atoms with E-state index in [1.165, 1.54) is 23.1 Å². The molecular formula is C17H13N5OS2. The molecule has 2 heterocycles. The molecule has 3 aromatic rings. The summed E-state index contributed by atoms with van der Waals surface area (Å²) in [6.45, 7) is 1.77. The Labute approximate surface area is 153 Å². The number of thioether (sulfide) groups is 1. The molecule has 8 heteroatoms. The van der Waals surface area contributed by atoms with Gasteiger partial charge in [-0.25, -0.2) is 15.0 Å². The van der Waals surface area contributed by atoms with Crippen LogP contribution in [0.15, 0.2) is 46.9 Å². The molecule has 0 radical (unpaired) electrons. The third-order valence-electron chi connectivity index (χ3n) is 3.22. The Hall–Kier alpha value is -2.76. The van der Waals surface area contributed by atoms with Crippen molar-refractivity contribution in [2.45, 2.75) is 11.9 Å². The monoisotopic (exact) mass is 367 g/mol. The van der Waals surface area contributed by atoms with E-state index in [0.29, 0.717) is 27.2 Å². The van der Waals surface area contributed by atoms with E-state index < -0.39 is 0 Å². The number of rotatable bonds is 5. The van der Waals surface area contributed by atoms with Crippen LogP contribution in [0.3, 0.4) is 0 Å². The van der Waals surface area contributed by atoms with Crippen LogP contribution < -0.4 is 5.32 Å². The third kappa shape index (κ3) is 4.21. The second kappa shape index (κ2) is 7.88. The van der Waals surface area contributed by atoms with Crippen molar-refractivity contribution in [1.82, 2.24) is 15.0 Å². The lowest BCUT2D eigenvalue weighted by Gasteiger charge is -2.08. The van der Waals surface area contributed by atoms with Gasteiger partial charge in [-0.05, 0) is 6.92 Å². The summed E-state index contributed by atoms with van der Waals surface area (Å²) in [5.41, 5.74) is 1.86. The molecule has 1 aromatic carbocycles. The van der Waals surface area contributed by atoms with Crippen LogP contribution in [0.4, 0.5) is 5.13 Å². The van der Waals surface area contributed by atoms with Gasteiger partial charge < -0.3 is 5.32 Å². The average molecular weight is 367 g/mol. The zero-order chi connectivity index (χ0) is 17.6. The highest BCUT2D eigenvalue weighted by Gasteiger charge is 2.15. The number of nitriles is 1. The maximum atomic E-state index is 12.0. The van der Waals surface area contributed by atoms with Gasteiger partial charge in [0.15, 0.2) is 11.0 Å². The van der Waals surface area contributed by atoms with Crippen molar-refractivity contribution in [2.75, 3.05) is 11.1 Å². The van der Waals surface area contributed by atoms with Crippen LogP contribution in [0.5, 0.6) is 0 Å². The number of aryl methyl sites for hydroxylation is 1. The molecule has 0 bridgehead atoms. The van der Waals surface area contributed by atoms with Crippen LogP contribution >= 0.6 is 23.1 Å². The van der Waals surface area contributed by atoms with Crippen LogP contribution in [-0.2, 0) is 4.79 Å². The molecular weight excluding hydrogens is 354 g/mol. The summed E-state index contributed by atoms with van der Waals surface area (Å²) < 4.78 is 0. The highest BCUT2D eigenvalue weighted by Crippen LogP contribution is 2.26. The Kier molecular flexibility index (Phi) is 5.38. The lowest BCUT2D eigenvalue weighted by atomic mass is 10.2. The number of benzene rings is 1. The molecule has 2 aromatic heterocycles. The molecule has 1 N–H and O–H groups in total. The molecule has 1 amide bonds. The van der Waals surface area contributed by atoms with Crippen LogP contribution in [0.25, 0.3) is 11.4 Å². The minimum Gasteiger partial charge on any atom is -0.301 e. The highest BCUT2D eigenvalue weighted by molar-refractivity contribution is 8.00. The SMILES string of the molecule is Cc1nc(-c2ccccc2)nc(SCC(=O)Nc2nccs2)c1C#N. The Balaban J connectivity index is 1.81. The fourth-order valence-corrected chi connectivity index (χ4v) is 3.44. The van der Waals surface area contributed by atoms with Crippen molar-refractivity contribution in [3.05, 3.63) is 53.2 Å². The van der Waals surface area contributed by atoms with E-state index in [-0.39, 0.29) is 11.7 Å². The molecule has 0 saturated heterocycles. The molecule has 0 aliphatic heterocycles. The van der Waals surface area contributed by atoms with Crippen LogP contribution in [0.2, 0.25) is 0 Å². The third-order valence-corrected chi connectivity index (χ3v) is 4.88. The number of nitrogens with zero attached hydrogens (tertiary/aromatic N) is 4. The fourth-order valence-electron chi connectivity index (χ4n) is 2.07. The Morgan fingerprint density at radius 2 is 2.12 bits per heavy atom. The van der Waals surface area contributed by atoms with E-state index in [2.05, 4.69) is 26.3 Å². The minimum absolute atomic E-state index is 0.138. The minimum atomic E-state index is -0.193. The summed E-state index contributed by atoms with van der Waals surface area (Å²) in [4.78, 5) is 24.9. The summed E-state index contributed by atoms with van der Waals surface area (Å²) in [7, 11) is 0. The zero-order valence-corrected chi connectivity index (χ0v) is 14.9. The Bertz CT molecular complexity index is 920. The number of nitrogens with one attached hydrogen (secondary N) is 1. The first-order chi connectivity index (χ1) is 12.2. The van der Waals surface area contributed by atoms with E-state index in [1.54, 1.807) is 18.5 Å². The second-order valence-electron chi connectivity index (χ2n) is 4.96. The predicted molar refractivity (Wildman–Crippen MR) is 98.4 cm³/mol. The van der Waals surface area contributed by atoms with Crippen molar-refractivity contribution in [3.8, 4) is 17.5 Å². The number of hydrogen-bond acceptors (Lipinski definition) is 7.